The first-order valence-electron chi connectivity index (χ1n) is 13.0. The average molecular weight is 521 g/mol. The summed E-state index contributed by atoms with van der Waals surface area (Å²) in [7, 11) is 5.34. The number of rotatable bonds is 4. The quantitative estimate of drug-likeness (QED) is 0.381. The van der Waals surface area contributed by atoms with Crippen LogP contribution in [0.3, 0.4) is 0 Å². The molecule has 0 spiro atoms. The largest absolute Gasteiger partial charge is 0.479 e. The fourth-order valence-corrected chi connectivity index (χ4v) is 5.53. The second-order valence-corrected chi connectivity index (χ2v) is 9.90. The van der Waals surface area contributed by atoms with Gasteiger partial charge in [0.25, 0.3) is 0 Å². The zero-order valence-electron chi connectivity index (χ0n) is 22.0. The number of piperazine rings is 1. The molecule has 0 aliphatic carbocycles. The van der Waals surface area contributed by atoms with Crippen molar-refractivity contribution in [3.05, 3.63) is 71.5 Å². The minimum Gasteiger partial charge on any atom is -0.479 e. The van der Waals surface area contributed by atoms with E-state index in [0.717, 1.165) is 76.1 Å². The summed E-state index contributed by atoms with van der Waals surface area (Å²) in [4.78, 5) is 30.0. The number of fused-ring (bicyclic) bond motifs is 4. The maximum Gasteiger partial charge on any atom is 0.333 e. The van der Waals surface area contributed by atoms with Gasteiger partial charge in [0.15, 0.2) is 0 Å². The summed E-state index contributed by atoms with van der Waals surface area (Å²) < 4.78 is 11.1. The molecule has 0 saturated carbocycles. The predicted octanol–water partition coefficient (Wildman–Crippen LogP) is 3.24. The highest BCUT2D eigenvalue weighted by Gasteiger charge is 2.21. The summed E-state index contributed by atoms with van der Waals surface area (Å²) in [6, 6.07) is 14.2. The average Bonchev–Trinajstić information content (AvgIpc) is 3.48. The van der Waals surface area contributed by atoms with Crippen LogP contribution in [0.2, 0.25) is 0 Å². The van der Waals surface area contributed by atoms with Crippen molar-refractivity contribution in [2.45, 2.75) is 0 Å². The van der Waals surface area contributed by atoms with Crippen molar-refractivity contribution < 1.29 is 4.74 Å². The number of hydrogen-bond donors (Lipinski definition) is 1. The first-order valence-corrected chi connectivity index (χ1v) is 13.0. The van der Waals surface area contributed by atoms with Gasteiger partial charge < -0.3 is 19.5 Å². The van der Waals surface area contributed by atoms with Gasteiger partial charge in [-0.15, -0.1) is 0 Å². The third-order valence-corrected chi connectivity index (χ3v) is 7.62. The molecule has 5 aromatic heterocycles. The number of benzene rings is 1. The molecule has 10 nitrogen and oxygen atoms in total. The second kappa shape index (κ2) is 8.95. The Bertz CT molecular complexity index is 1940. The minimum atomic E-state index is -0.188. The van der Waals surface area contributed by atoms with Gasteiger partial charge in [-0.1, -0.05) is 6.07 Å². The third kappa shape index (κ3) is 3.67. The van der Waals surface area contributed by atoms with E-state index in [0.29, 0.717) is 11.6 Å². The molecule has 6 aromatic rings. The maximum atomic E-state index is 13.7. The van der Waals surface area contributed by atoms with E-state index < -0.39 is 0 Å². The number of nitrogens with one attached hydrogen (secondary N) is 1. The first-order chi connectivity index (χ1) is 19.0. The van der Waals surface area contributed by atoms with E-state index in [9.17, 15) is 4.79 Å². The van der Waals surface area contributed by atoms with Gasteiger partial charge in [0, 0.05) is 69.0 Å². The highest BCUT2D eigenvalue weighted by atomic mass is 16.5. The number of hydrogen-bond acceptors (Lipinski definition) is 7. The Morgan fingerprint density at radius 3 is 2.62 bits per heavy atom. The van der Waals surface area contributed by atoms with Gasteiger partial charge in [-0.05, 0) is 42.0 Å². The SMILES string of the molecule is COc1nc(N2CCNCC2)ccc1-n1c(=O)n(C)c2cnc3ccc(-c4cnc5c(ccn5C)c4)cc3c21. The van der Waals surface area contributed by atoms with Crippen LogP contribution in [-0.2, 0) is 14.1 Å². The Kier molecular flexibility index (Phi) is 5.38. The molecule has 1 fully saturated rings. The van der Waals surface area contributed by atoms with Gasteiger partial charge in [-0.2, -0.15) is 4.98 Å². The lowest BCUT2D eigenvalue weighted by molar-refractivity contribution is 0.395. The van der Waals surface area contributed by atoms with E-state index in [2.05, 4.69) is 38.4 Å². The van der Waals surface area contributed by atoms with Crippen molar-refractivity contribution in [2.75, 3.05) is 38.2 Å². The summed E-state index contributed by atoms with van der Waals surface area (Å²) >= 11 is 0. The molecular formula is C29H28N8O2. The summed E-state index contributed by atoms with van der Waals surface area (Å²) in [6.07, 6.45) is 5.64. The highest BCUT2D eigenvalue weighted by Crippen LogP contribution is 2.33. The van der Waals surface area contributed by atoms with Crippen LogP contribution in [0.25, 0.3) is 49.8 Å². The summed E-state index contributed by atoms with van der Waals surface area (Å²) in [5.74, 6) is 1.24. The molecule has 39 heavy (non-hydrogen) atoms. The van der Waals surface area contributed by atoms with Gasteiger partial charge in [-0.25, -0.2) is 9.78 Å². The molecule has 7 rings (SSSR count). The highest BCUT2D eigenvalue weighted by molar-refractivity contribution is 6.05. The number of imidazole rings is 1. The van der Waals surface area contributed by atoms with E-state index in [1.165, 1.54) is 0 Å². The second-order valence-electron chi connectivity index (χ2n) is 9.90. The maximum absolute atomic E-state index is 13.7. The van der Waals surface area contributed by atoms with E-state index >= 15 is 0 Å². The molecule has 1 N–H and O–H groups in total. The molecule has 6 heterocycles. The van der Waals surface area contributed by atoms with Crippen LogP contribution in [0.5, 0.6) is 5.88 Å². The third-order valence-electron chi connectivity index (χ3n) is 7.62. The molecule has 196 valence electrons. The lowest BCUT2D eigenvalue weighted by Gasteiger charge is -2.28. The Hall–Kier alpha value is -4.70. The smallest absolute Gasteiger partial charge is 0.333 e. The number of anilines is 1. The zero-order chi connectivity index (χ0) is 26.7. The summed E-state index contributed by atoms with van der Waals surface area (Å²) in [5.41, 5.74) is 5.62. The summed E-state index contributed by atoms with van der Waals surface area (Å²) in [5, 5.41) is 5.30. The Balaban J connectivity index is 1.44. The van der Waals surface area contributed by atoms with Crippen LogP contribution in [0, 0.1) is 0 Å². The number of aromatic nitrogens is 6. The van der Waals surface area contributed by atoms with Gasteiger partial charge in [-0.3, -0.25) is 14.1 Å². The molecule has 0 bridgehead atoms. The molecule has 0 radical (unpaired) electrons. The van der Waals surface area contributed by atoms with Crippen molar-refractivity contribution in [2.24, 2.45) is 14.1 Å². The number of pyridine rings is 3. The normalized spacial score (nSPS) is 14.1. The predicted molar refractivity (Wildman–Crippen MR) is 153 cm³/mol. The van der Waals surface area contributed by atoms with E-state index in [4.69, 9.17) is 9.72 Å². The molecule has 0 amide bonds. The van der Waals surface area contributed by atoms with Crippen molar-refractivity contribution in [3.8, 4) is 22.7 Å². The minimum absolute atomic E-state index is 0.188. The Morgan fingerprint density at radius 2 is 1.79 bits per heavy atom. The number of aryl methyl sites for hydroxylation is 2. The van der Waals surface area contributed by atoms with Crippen LogP contribution >= 0.6 is 0 Å². The van der Waals surface area contributed by atoms with Gasteiger partial charge in [0.05, 0.1) is 29.9 Å². The van der Waals surface area contributed by atoms with E-state index in [1.807, 2.05) is 48.3 Å². The molecule has 1 saturated heterocycles. The number of methoxy groups -OCH3 is 1. The van der Waals surface area contributed by atoms with Gasteiger partial charge in [0.2, 0.25) is 5.88 Å². The first kappa shape index (κ1) is 23.4. The number of ether oxygens (including phenoxy) is 1. The van der Waals surface area contributed by atoms with Crippen LogP contribution < -0.4 is 20.6 Å². The Morgan fingerprint density at radius 1 is 0.949 bits per heavy atom. The Labute approximate surface area is 224 Å². The standard InChI is InChI=1S/C29H28N8O2/c1-34-11-8-19-14-20(16-32-27(19)34)18-4-5-22-21(15-18)26-24(17-31-22)35(2)29(38)37(26)23-6-7-25(33-28(23)39-3)36-12-9-30-10-13-36/h4-8,11,14-17,30H,9-10,12-13H2,1-3H3. The summed E-state index contributed by atoms with van der Waals surface area (Å²) in [6.45, 7) is 3.55. The molecule has 1 aliphatic heterocycles. The molecule has 10 heteroatoms. The van der Waals surface area contributed by atoms with Crippen LogP contribution in [0.1, 0.15) is 0 Å². The number of nitrogens with zero attached hydrogens (tertiary/aromatic N) is 7. The molecule has 1 aromatic carbocycles. The van der Waals surface area contributed by atoms with Crippen LogP contribution in [0.15, 0.2) is 65.8 Å². The molecule has 0 atom stereocenters. The van der Waals surface area contributed by atoms with E-state index in [1.54, 1.807) is 29.5 Å². The lowest BCUT2D eigenvalue weighted by Crippen LogP contribution is -2.43. The van der Waals surface area contributed by atoms with E-state index in [-0.39, 0.29) is 5.69 Å². The van der Waals surface area contributed by atoms with Crippen molar-refractivity contribution in [1.29, 1.82) is 0 Å². The fraction of sp³-hybridized carbons (Fsp3) is 0.241. The molecule has 0 unspecified atom stereocenters. The topological polar surface area (TPSA) is 95.0 Å². The molecule has 1 aliphatic rings. The van der Waals surface area contributed by atoms with Crippen molar-refractivity contribution >= 4 is 38.8 Å². The molecular weight excluding hydrogens is 492 g/mol. The monoisotopic (exact) mass is 520 g/mol. The van der Waals surface area contributed by atoms with Crippen LogP contribution in [-0.4, -0.2) is 61.9 Å². The van der Waals surface area contributed by atoms with Crippen molar-refractivity contribution in [1.82, 2.24) is 34.0 Å². The van der Waals surface area contributed by atoms with Crippen molar-refractivity contribution in [3.63, 3.8) is 0 Å². The fourth-order valence-electron chi connectivity index (χ4n) is 5.53. The lowest BCUT2D eigenvalue weighted by atomic mass is 10.0. The van der Waals surface area contributed by atoms with Gasteiger partial charge in [0.1, 0.15) is 17.2 Å². The zero-order valence-corrected chi connectivity index (χ0v) is 22.0. The van der Waals surface area contributed by atoms with Crippen LogP contribution in [0.4, 0.5) is 5.82 Å². The van der Waals surface area contributed by atoms with Gasteiger partial charge >= 0.3 is 5.69 Å².